The molecule has 0 aliphatic heterocycles. The van der Waals surface area contributed by atoms with Crippen molar-refractivity contribution in [3.05, 3.63) is 0 Å². The normalized spacial score (nSPS) is 26.0. The Morgan fingerprint density at radius 1 is 1.29 bits per heavy atom. The van der Waals surface area contributed by atoms with E-state index < -0.39 is 12.0 Å². The number of carboxylic acid groups (broad SMARTS) is 1. The van der Waals surface area contributed by atoms with Crippen LogP contribution >= 0.6 is 0 Å². The lowest BCUT2D eigenvalue weighted by Crippen LogP contribution is -2.49. The molecule has 17 heavy (non-hydrogen) atoms. The van der Waals surface area contributed by atoms with Gasteiger partial charge >= 0.3 is 12.0 Å². The first-order valence-electron chi connectivity index (χ1n) is 6.32. The van der Waals surface area contributed by atoms with Gasteiger partial charge in [0.1, 0.15) is 6.04 Å². The molecule has 1 rings (SSSR count). The average molecular weight is 242 g/mol. The molecule has 0 unspecified atom stereocenters. The second kappa shape index (κ2) is 6.47. The lowest BCUT2D eigenvalue weighted by molar-refractivity contribution is -0.139. The van der Waals surface area contributed by atoms with Crippen LogP contribution in [0.1, 0.15) is 46.0 Å². The third kappa shape index (κ3) is 4.63. The molecule has 0 aromatic heterocycles. The van der Waals surface area contributed by atoms with Crippen LogP contribution in [0.5, 0.6) is 0 Å². The topological polar surface area (TPSA) is 78.4 Å². The van der Waals surface area contributed by atoms with E-state index in [-0.39, 0.29) is 12.1 Å². The molecule has 0 radical (unpaired) electrons. The minimum atomic E-state index is -0.986. The summed E-state index contributed by atoms with van der Waals surface area (Å²) in [6.45, 7) is 3.95. The molecule has 1 saturated carbocycles. The van der Waals surface area contributed by atoms with Crippen LogP contribution in [-0.2, 0) is 4.79 Å². The summed E-state index contributed by atoms with van der Waals surface area (Å²) < 4.78 is 0. The van der Waals surface area contributed by atoms with Gasteiger partial charge in [0.05, 0.1) is 0 Å². The standard InChI is InChI=1S/C12H22N2O3/c1-3-10(11(15)16)14-12(17)13-9-6-4-8(2)5-7-9/h8-10H,3-7H2,1-2H3,(H,15,16)(H2,13,14,17)/t8?,9?,10-/m1/s1. The Balaban J connectivity index is 2.31. The monoisotopic (exact) mass is 242 g/mol. The van der Waals surface area contributed by atoms with Crippen molar-refractivity contribution in [2.45, 2.75) is 58.0 Å². The van der Waals surface area contributed by atoms with Gasteiger partial charge in [-0.1, -0.05) is 13.8 Å². The molecule has 5 heteroatoms. The van der Waals surface area contributed by atoms with Crippen molar-refractivity contribution in [1.82, 2.24) is 10.6 Å². The smallest absolute Gasteiger partial charge is 0.326 e. The first-order chi connectivity index (χ1) is 8.02. The van der Waals surface area contributed by atoms with Crippen molar-refractivity contribution in [3.8, 4) is 0 Å². The van der Waals surface area contributed by atoms with E-state index in [9.17, 15) is 9.59 Å². The summed E-state index contributed by atoms with van der Waals surface area (Å²) in [6.07, 6.45) is 4.61. The molecule has 5 nitrogen and oxygen atoms in total. The molecule has 0 heterocycles. The summed E-state index contributed by atoms with van der Waals surface area (Å²) in [5.74, 6) is -0.251. The Labute approximate surface area is 102 Å². The zero-order chi connectivity index (χ0) is 12.8. The molecule has 2 amide bonds. The highest BCUT2D eigenvalue weighted by Gasteiger charge is 2.22. The van der Waals surface area contributed by atoms with Crippen LogP contribution in [0.25, 0.3) is 0 Å². The van der Waals surface area contributed by atoms with Gasteiger partial charge in [-0.25, -0.2) is 9.59 Å². The zero-order valence-electron chi connectivity index (χ0n) is 10.5. The summed E-state index contributed by atoms with van der Waals surface area (Å²) in [5, 5.41) is 14.1. The second-order valence-electron chi connectivity index (χ2n) is 4.87. The summed E-state index contributed by atoms with van der Waals surface area (Å²) in [7, 11) is 0. The Kier molecular flexibility index (Phi) is 5.25. The third-order valence-electron chi connectivity index (χ3n) is 3.36. The van der Waals surface area contributed by atoms with Crippen LogP contribution in [-0.4, -0.2) is 29.2 Å². The summed E-state index contributed by atoms with van der Waals surface area (Å²) >= 11 is 0. The maximum Gasteiger partial charge on any atom is 0.326 e. The number of aliphatic carboxylic acids is 1. The van der Waals surface area contributed by atoms with Crippen LogP contribution in [0.3, 0.4) is 0 Å². The van der Waals surface area contributed by atoms with E-state index in [1.165, 1.54) is 0 Å². The maximum absolute atomic E-state index is 11.6. The molecule has 1 aliphatic rings. The van der Waals surface area contributed by atoms with Gasteiger partial charge in [0, 0.05) is 6.04 Å². The Morgan fingerprint density at radius 2 is 1.88 bits per heavy atom. The number of carbonyl (C=O) groups is 2. The van der Waals surface area contributed by atoms with E-state index in [4.69, 9.17) is 5.11 Å². The zero-order valence-corrected chi connectivity index (χ0v) is 10.5. The Morgan fingerprint density at radius 3 is 2.35 bits per heavy atom. The van der Waals surface area contributed by atoms with Gasteiger partial charge in [0.25, 0.3) is 0 Å². The highest BCUT2D eigenvalue weighted by Crippen LogP contribution is 2.23. The maximum atomic E-state index is 11.6. The SMILES string of the molecule is CC[C@@H](NC(=O)NC1CCC(C)CC1)C(=O)O. The van der Waals surface area contributed by atoms with Crippen LogP contribution in [0.2, 0.25) is 0 Å². The van der Waals surface area contributed by atoms with Crippen LogP contribution in [0.4, 0.5) is 4.79 Å². The van der Waals surface area contributed by atoms with Gasteiger partial charge in [-0.05, 0) is 38.0 Å². The van der Waals surface area contributed by atoms with Gasteiger partial charge in [0.15, 0.2) is 0 Å². The molecule has 1 fully saturated rings. The largest absolute Gasteiger partial charge is 0.480 e. The Hall–Kier alpha value is -1.26. The summed E-state index contributed by atoms with van der Waals surface area (Å²) in [6, 6.07) is -0.964. The molecule has 3 N–H and O–H groups in total. The molecule has 0 aromatic carbocycles. The van der Waals surface area contributed by atoms with E-state index in [2.05, 4.69) is 17.6 Å². The lowest BCUT2D eigenvalue weighted by Gasteiger charge is -2.27. The van der Waals surface area contributed by atoms with Crippen LogP contribution in [0, 0.1) is 5.92 Å². The number of hydrogen-bond acceptors (Lipinski definition) is 2. The molecule has 0 spiro atoms. The summed E-state index contributed by atoms with van der Waals surface area (Å²) in [4.78, 5) is 22.3. The molecule has 98 valence electrons. The highest BCUT2D eigenvalue weighted by atomic mass is 16.4. The van der Waals surface area contributed by atoms with E-state index in [0.717, 1.165) is 31.6 Å². The van der Waals surface area contributed by atoms with Gasteiger partial charge in [0.2, 0.25) is 0 Å². The second-order valence-corrected chi connectivity index (χ2v) is 4.87. The quantitative estimate of drug-likeness (QED) is 0.702. The van der Waals surface area contributed by atoms with Crippen molar-refractivity contribution in [2.24, 2.45) is 5.92 Å². The molecular weight excluding hydrogens is 220 g/mol. The molecule has 0 saturated heterocycles. The number of rotatable bonds is 4. The van der Waals surface area contributed by atoms with E-state index in [0.29, 0.717) is 6.42 Å². The number of carbonyl (C=O) groups excluding carboxylic acids is 1. The van der Waals surface area contributed by atoms with Gasteiger partial charge < -0.3 is 15.7 Å². The predicted molar refractivity (Wildman–Crippen MR) is 64.8 cm³/mol. The van der Waals surface area contributed by atoms with E-state index in [1.54, 1.807) is 6.92 Å². The molecular formula is C12H22N2O3. The molecule has 0 bridgehead atoms. The number of amides is 2. The molecule has 1 aliphatic carbocycles. The fourth-order valence-corrected chi connectivity index (χ4v) is 2.13. The van der Waals surface area contributed by atoms with Crippen molar-refractivity contribution in [3.63, 3.8) is 0 Å². The van der Waals surface area contributed by atoms with Crippen LogP contribution < -0.4 is 10.6 Å². The highest BCUT2D eigenvalue weighted by molar-refractivity contribution is 5.82. The van der Waals surface area contributed by atoms with Gasteiger partial charge in [-0.2, -0.15) is 0 Å². The van der Waals surface area contributed by atoms with E-state index >= 15 is 0 Å². The first-order valence-corrected chi connectivity index (χ1v) is 6.32. The number of urea groups is 1. The first kappa shape index (κ1) is 13.8. The Bertz CT molecular complexity index is 273. The lowest BCUT2D eigenvalue weighted by atomic mass is 9.87. The van der Waals surface area contributed by atoms with Crippen molar-refractivity contribution >= 4 is 12.0 Å². The number of nitrogens with one attached hydrogen (secondary N) is 2. The minimum absolute atomic E-state index is 0.192. The van der Waals surface area contributed by atoms with Crippen molar-refractivity contribution in [2.75, 3.05) is 0 Å². The van der Waals surface area contributed by atoms with Crippen molar-refractivity contribution < 1.29 is 14.7 Å². The number of hydrogen-bond donors (Lipinski definition) is 3. The fourth-order valence-electron chi connectivity index (χ4n) is 2.13. The van der Waals surface area contributed by atoms with Gasteiger partial charge in [-0.15, -0.1) is 0 Å². The third-order valence-corrected chi connectivity index (χ3v) is 3.36. The average Bonchev–Trinajstić information content (AvgIpc) is 2.28. The predicted octanol–water partition coefficient (Wildman–Crippen LogP) is 1.73. The molecule has 0 aromatic rings. The van der Waals surface area contributed by atoms with E-state index in [1.807, 2.05) is 0 Å². The number of carboxylic acids is 1. The van der Waals surface area contributed by atoms with Crippen molar-refractivity contribution in [1.29, 1.82) is 0 Å². The molecule has 1 atom stereocenters. The minimum Gasteiger partial charge on any atom is -0.480 e. The fraction of sp³-hybridized carbons (Fsp3) is 0.833. The summed E-state index contributed by atoms with van der Waals surface area (Å²) in [5.41, 5.74) is 0. The van der Waals surface area contributed by atoms with Gasteiger partial charge in [-0.3, -0.25) is 0 Å². The van der Waals surface area contributed by atoms with Crippen LogP contribution in [0.15, 0.2) is 0 Å².